The number of benzene rings is 1. The maximum atomic E-state index is 14.9. The normalized spacial score (nSPS) is 17.9. The Hall–Kier alpha value is -2.87. The Morgan fingerprint density at radius 3 is 2.42 bits per heavy atom. The number of β-amino-alcohol motifs (C(OH)–C–C–N with tert-alkyl or cyclic N) is 1. The minimum Gasteiger partial charge on any atom is -0.492 e. The van der Waals surface area contributed by atoms with Gasteiger partial charge in [-0.2, -0.15) is 17.1 Å². The molecule has 0 radical (unpaired) electrons. The number of hydrogen-bond donors (Lipinski definition) is 2. The zero-order valence-electron chi connectivity index (χ0n) is 22.9. The van der Waals surface area contributed by atoms with Crippen LogP contribution in [0.5, 0.6) is 11.5 Å². The Balaban J connectivity index is 1.38. The first kappa shape index (κ1) is 30.1. The first-order valence-corrected chi connectivity index (χ1v) is 14.8. The summed E-state index contributed by atoms with van der Waals surface area (Å²) in [5.74, 6) is -3.45. The van der Waals surface area contributed by atoms with Gasteiger partial charge in [-0.25, -0.2) is 9.11 Å². The highest BCUT2D eigenvalue weighted by Crippen LogP contribution is 2.31. The van der Waals surface area contributed by atoms with Gasteiger partial charge in [0.2, 0.25) is 5.82 Å². The summed E-state index contributed by atoms with van der Waals surface area (Å²) in [6.45, 7) is 6.95. The summed E-state index contributed by atoms with van der Waals surface area (Å²) in [6, 6.07) is 5.51. The van der Waals surface area contributed by atoms with Crippen LogP contribution >= 0.6 is 0 Å². The summed E-state index contributed by atoms with van der Waals surface area (Å²) in [4.78, 5) is 18.9. The SMILES string of the molecule is CC[C@@H](Oc1ccc(C(=O)NS(=O)(=O)N2CCN(CC(C)(C)O)CC2)c(F)c1F)c1ccc(OCC2CC2)cn1. The number of carbonyl (C=O) groups is 1. The van der Waals surface area contributed by atoms with E-state index in [1.807, 2.05) is 9.62 Å². The highest BCUT2D eigenvalue weighted by atomic mass is 32.2. The van der Waals surface area contributed by atoms with Gasteiger partial charge in [-0.3, -0.25) is 14.7 Å². The van der Waals surface area contributed by atoms with Crippen LogP contribution < -0.4 is 14.2 Å². The van der Waals surface area contributed by atoms with Crippen molar-refractivity contribution in [3.8, 4) is 11.5 Å². The van der Waals surface area contributed by atoms with Crippen LogP contribution in [0.2, 0.25) is 0 Å². The van der Waals surface area contributed by atoms with E-state index in [9.17, 15) is 27.1 Å². The second-order valence-corrected chi connectivity index (χ2v) is 12.5. The molecule has 1 aromatic carbocycles. The van der Waals surface area contributed by atoms with E-state index >= 15 is 0 Å². The van der Waals surface area contributed by atoms with Crippen LogP contribution in [0.1, 0.15) is 62.2 Å². The molecule has 1 aromatic heterocycles. The van der Waals surface area contributed by atoms with E-state index in [0.717, 1.165) is 29.3 Å². The third kappa shape index (κ3) is 7.87. The third-order valence-electron chi connectivity index (χ3n) is 6.71. The summed E-state index contributed by atoms with van der Waals surface area (Å²) in [6.07, 6.45) is 3.60. The third-order valence-corrected chi connectivity index (χ3v) is 8.19. The number of piperazine rings is 1. The lowest BCUT2D eigenvalue weighted by Gasteiger charge is -2.36. The smallest absolute Gasteiger partial charge is 0.304 e. The summed E-state index contributed by atoms with van der Waals surface area (Å²) in [5.41, 5.74) is -1.20. The van der Waals surface area contributed by atoms with E-state index in [-0.39, 0.29) is 13.1 Å². The number of aromatic nitrogens is 1. The van der Waals surface area contributed by atoms with E-state index in [4.69, 9.17) is 9.47 Å². The summed E-state index contributed by atoms with van der Waals surface area (Å²) >= 11 is 0. The zero-order chi connectivity index (χ0) is 29.1. The Bertz CT molecular complexity index is 1290. The fourth-order valence-corrected chi connectivity index (χ4v) is 5.50. The van der Waals surface area contributed by atoms with Crippen LogP contribution in [0.25, 0.3) is 0 Å². The molecule has 1 aliphatic heterocycles. The molecule has 4 rings (SSSR count). The van der Waals surface area contributed by atoms with Crippen LogP contribution in [0, 0.1) is 17.6 Å². The molecule has 2 aromatic rings. The van der Waals surface area contributed by atoms with Gasteiger partial charge < -0.3 is 14.6 Å². The number of rotatable bonds is 12. The number of amides is 1. The monoisotopic (exact) mass is 582 g/mol. The molecule has 2 aliphatic rings. The van der Waals surface area contributed by atoms with Gasteiger partial charge in [0.1, 0.15) is 11.9 Å². The molecule has 2 heterocycles. The molecule has 2 N–H and O–H groups in total. The zero-order valence-corrected chi connectivity index (χ0v) is 23.7. The number of pyridine rings is 1. The second kappa shape index (κ2) is 12.3. The first-order chi connectivity index (χ1) is 18.9. The standard InChI is InChI=1S/C27H36F2N4O6S/c1-4-22(21-9-7-19(15-30-21)38-16-18-5-6-18)39-23-10-8-20(24(28)25(23)29)26(34)31-40(36,37)33-13-11-32(12-14-33)17-27(2,3)35/h7-10,15,18,22,35H,4-6,11-14,16-17H2,1-3H3,(H,31,34)/t22-/m1/s1. The summed E-state index contributed by atoms with van der Waals surface area (Å²) in [7, 11) is -4.30. The molecule has 1 saturated heterocycles. The van der Waals surface area contributed by atoms with Gasteiger partial charge in [-0.15, -0.1) is 0 Å². The Morgan fingerprint density at radius 1 is 1.15 bits per heavy atom. The largest absolute Gasteiger partial charge is 0.492 e. The fourth-order valence-electron chi connectivity index (χ4n) is 4.38. The minimum absolute atomic E-state index is 0.0718. The van der Waals surface area contributed by atoms with E-state index in [1.54, 1.807) is 39.1 Å². The second-order valence-electron chi connectivity index (χ2n) is 10.9. The molecule has 1 saturated carbocycles. The predicted octanol–water partition coefficient (Wildman–Crippen LogP) is 3.04. The molecule has 1 aliphatic carbocycles. The number of nitrogens with one attached hydrogen (secondary N) is 1. The van der Waals surface area contributed by atoms with E-state index in [2.05, 4.69) is 4.98 Å². The van der Waals surface area contributed by atoms with Crippen molar-refractivity contribution in [2.24, 2.45) is 5.92 Å². The Kier molecular flexibility index (Phi) is 9.28. The van der Waals surface area contributed by atoms with Crippen LogP contribution in [-0.2, 0) is 10.2 Å². The molecule has 0 spiro atoms. The maximum absolute atomic E-state index is 14.9. The van der Waals surface area contributed by atoms with E-state index in [0.29, 0.717) is 50.0 Å². The fraction of sp³-hybridized carbons (Fsp3) is 0.556. The van der Waals surface area contributed by atoms with Gasteiger partial charge in [0.15, 0.2) is 11.6 Å². The topological polar surface area (TPSA) is 121 Å². The van der Waals surface area contributed by atoms with Crippen molar-refractivity contribution in [1.29, 1.82) is 0 Å². The predicted molar refractivity (Wildman–Crippen MR) is 143 cm³/mol. The number of nitrogens with zero attached hydrogens (tertiary/aromatic N) is 3. The maximum Gasteiger partial charge on any atom is 0.304 e. The van der Waals surface area contributed by atoms with Crippen molar-refractivity contribution >= 4 is 16.1 Å². The van der Waals surface area contributed by atoms with Crippen molar-refractivity contribution in [2.45, 2.75) is 51.7 Å². The average Bonchev–Trinajstić information content (AvgIpc) is 3.72. The first-order valence-electron chi connectivity index (χ1n) is 13.4. The van der Waals surface area contributed by atoms with Gasteiger partial charge in [-0.1, -0.05) is 6.92 Å². The van der Waals surface area contributed by atoms with E-state index in [1.165, 1.54) is 0 Å². The van der Waals surface area contributed by atoms with Gasteiger partial charge in [0, 0.05) is 32.7 Å². The lowest BCUT2D eigenvalue weighted by molar-refractivity contribution is 0.0262. The molecule has 0 unspecified atom stereocenters. The quantitative estimate of drug-likeness (QED) is 0.392. The van der Waals surface area contributed by atoms with Gasteiger partial charge in [0.25, 0.3) is 5.91 Å². The number of hydrogen-bond acceptors (Lipinski definition) is 8. The average molecular weight is 583 g/mol. The molecule has 1 amide bonds. The van der Waals surface area contributed by atoms with Gasteiger partial charge in [0.05, 0.1) is 29.7 Å². The van der Waals surface area contributed by atoms with Crippen molar-refractivity contribution in [1.82, 2.24) is 18.9 Å². The molecule has 40 heavy (non-hydrogen) atoms. The Morgan fingerprint density at radius 2 is 1.85 bits per heavy atom. The molecule has 1 atom stereocenters. The molecule has 0 bridgehead atoms. The molecule has 13 heteroatoms. The number of halogens is 2. The van der Waals surface area contributed by atoms with Crippen LogP contribution in [0.3, 0.4) is 0 Å². The Labute approximate surface area is 233 Å². The summed E-state index contributed by atoms with van der Waals surface area (Å²) < 4.78 is 69.6. The molecular weight excluding hydrogens is 546 g/mol. The molecule has 2 fully saturated rings. The minimum atomic E-state index is -4.30. The van der Waals surface area contributed by atoms with Crippen LogP contribution in [0.15, 0.2) is 30.5 Å². The number of carbonyl (C=O) groups excluding carboxylic acids is 1. The lowest BCUT2D eigenvalue weighted by Crippen LogP contribution is -2.54. The van der Waals surface area contributed by atoms with Crippen molar-refractivity contribution in [2.75, 3.05) is 39.3 Å². The van der Waals surface area contributed by atoms with Crippen molar-refractivity contribution in [3.63, 3.8) is 0 Å². The number of aliphatic hydroxyl groups is 1. The molecular formula is C27H36F2N4O6S. The highest BCUT2D eigenvalue weighted by molar-refractivity contribution is 7.87. The van der Waals surface area contributed by atoms with Crippen molar-refractivity contribution in [3.05, 3.63) is 53.4 Å². The van der Waals surface area contributed by atoms with Crippen LogP contribution in [0.4, 0.5) is 8.78 Å². The summed E-state index contributed by atoms with van der Waals surface area (Å²) in [5, 5.41) is 9.96. The number of ether oxygens (including phenoxy) is 2. The highest BCUT2D eigenvalue weighted by Gasteiger charge is 2.32. The van der Waals surface area contributed by atoms with Gasteiger partial charge >= 0.3 is 10.2 Å². The van der Waals surface area contributed by atoms with Gasteiger partial charge in [-0.05, 0) is 63.3 Å². The molecule has 10 nitrogen and oxygen atoms in total. The molecule has 220 valence electrons. The lowest BCUT2D eigenvalue weighted by atomic mass is 10.1. The van der Waals surface area contributed by atoms with Crippen LogP contribution in [-0.4, -0.2) is 78.6 Å². The van der Waals surface area contributed by atoms with E-state index < -0.39 is 50.8 Å². The van der Waals surface area contributed by atoms with Crippen molar-refractivity contribution < 1.29 is 36.6 Å².